The number of fused-ring (bicyclic) bond motifs is 4. The van der Waals surface area contributed by atoms with Gasteiger partial charge in [0.25, 0.3) is 0 Å². The first-order valence-corrected chi connectivity index (χ1v) is 13.1. The average molecular weight is 401 g/mol. The molecular weight excluding hydrogens is 352 g/mol. The minimum atomic E-state index is -0.0268. The van der Waals surface area contributed by atoms with Crippen LogP contribution in [0.15, 0.2) is 11.1 Å². The first-order chi connectivity index (χ1) is 13.7. The van der Waals surface area contributed by atoms with E-state index in [1.165, 1.54) is 57.8 Å². The molecule has 0 bridgehead atoms. The maximum atomic E-state index is 10.3. The van der Waals surface area contributed by atoms with Crippen molar-refractivity contribution in [2.45, 2.75) is 118 Å². The molecule has 8 atom stereocenters. The van der Waals surface area contributed by atoms with E-state index in [0.29, 0.717) is 10.8 Å². The van der Waals surface area contributed by atoms with Gasteiger partial charge in [0.2, 0.25) is 0 Å². The van der Waals surface area contributed by atoms with Gasteiger partial charge < -0.3 is 5.11 Å². The van der Waals surface area contributed by atoms with E-state index in [4.69, 9.17) is 0 Å². The quantitative estimate of drug-likeness (QED) is 0.467. The van der Waals surface area contributed by atoms with Crippen LogP contribution in [0.4, 0.5) is 0 Å². The minimum absolute atomic E-state index is 0.0268. The van der Waals surface area contributed by atoms with Crippen molar-refractivity contribution in [1.82, 2.24) is 0 Å². The van der Waals surface area contributed by atoms with Crippen molar-refractivity contribution in [3.05, 3.63) is 11.1 Å². The second kappa shape index (κ2) is 7.99. The summed E-state index contributed by atoms with van der Waals surface area (Å²) in [5.74, 6) is 5.04. The monoisotopic (exact) mass is 400 g/mol. The molecule has 1 N–H and O–H groups in total. The number of rotatable bonds is 5. The average Bonchev–Trinajstić information content (AvgIpc) is 3.03. The number of hydrogen-bond donors (Lipinski definition) is 1. The van der Waals surface area contributed by atoms with Crippen molar-refractivity contribution in [3.8, 4) is 0 Å². The zero-order chi connectivity index (χ0) is 21.0. The maximum Gasteiger partial charge on any atom is 0.0543 e. The molecule has 0 aliphatic heterocycles. The van der Waals surface area contributed by atoms with Crippen LogP contribution in [0, 0.1) is 46.3 Å². The van der Waals surface area contributed by atoms with Crippen LogP contribution in [-0.4, -0.2) is 11.2 Å². The molecule has 1 heteroatoms. The molecule has 0 heterocycles. The van der Waals surface area contributed by atoms with Crippen LogP contribution in [-0.2, 0) is 0 Å². The second-order valence-electron chi connectivity index (χ2n) is 12.6. The third-order valence-electron chi connectivity index (χ3n) is 10.9. The SMILES string of the molecule is CC(C)[C@H](C)CC[C@@H](C)[C@@H]1CCC2=C3CC[C@H]4C[C@H](O)CC[C@]4(C)[C@H]3CC[C@]21C. The van der Waals surface area contributed by atoms with Crippen molar-refractivity contribution in [2.75, 3.05) is 0 Å². The highest BCUT2D eigenvalue weighted by Crippen LogP contribution is 2.65. The third-order valence-corrected chi connectivity index (χ3v) is 10.9. The van der Waals surface area contributed by atoms with Crippen molar-refractivity contribution in [1.29, 1.82) is 0 Å². The van der Waals surface area contributed by atoms with E-state index in [1.54, 1.807) is 0 Å². The standard InChI is InChI=1S/C28H48O/c1-18(2)19(3)7-8-20(4)24-11-12-25-23-10-9-21-17-22(29)13-15-27(21,5)26(23)14-16-28(24,25)6/h18-22,24,26,29H,7-17H2,1-6H3/t19-,20-,21+,22-,24+,26+,27+,28+/m1/s1. The second-order valence-corrected chi connectivity index (χ2v) is 12.6. The highest BCUT2D eigenvalue weighted by Gasteiger charge is 2.55. The van der Waals surface area contributed by atoms with Gasteiger partial charge in [-0.2, -0.15) is 0 Å². The molecule has 4 aliphatic rings. The van der Waals surface area contributed by atoms with Gasteiger partial charge in [0.1, 0.15) is 0 Å². The van der Waals surface area contributed by atoms with Crippen molar-refractivity contribution >= 4 is 0 Å². The third kappa shape index (κ3) is 3.66. The number of hydrogen-bond acceptors (Lipinski definition) is 1. The molecule has 0 radical (unpaired) electrons. The zero-order valence-corrected chi connectivity index (χ0v) is 20.3. The maximum absolute atomic E-state index is 10.3. The lowest BCUT2D eigenvalue weighted by Gasteiger charge is -2.56. The predicted molar refractivity (Wildman–Crippen MR) is 124 cm³/mol. The Balaban J connectivity index is 1.53. The Hall–Kier alpha value is -0.300. The molecule has 4 rings (SSSR count). The van der Waals surface area contributed by atoms with E-state index in [0.717, 1.165) is 48.3 Å². The summed E-state index contributed by atoms with van der Waals surface area (Å²) in [6, 6.07) is 0. The molecule has 0 aromatic heterocycles. The molecule has 0 saturated heterocycles. The van der Waals surface area contributed by atoms with Crippen LogP contribution in [0.25, 0.3) is 0 Å². The van der Waals surface area contributed by atoms with Gasteiger partial charge in [-0.3, -0.25) is 0 Å². The van der Waals surface area contributed by atoms with E-state index < -0.39 is 0 Å². The van der Waals surface area contributed by atoms with Crippen molar-refractivity contribution in [2.24, 2.45) is 46.3 Å². The minimum Gasteiger partial charge on any atom is -0.393 e. The van der Waals surface area contributed by atoms with Crippen LogP contribution in [0.3, 0.4) is 0 Å². The van der Waals surface area contributed by atoms with E-state index >= 15 is 0 Å². The van der Waals surface area contributed by atoms with Gasteiger partial charge in [-0.05, 0) is 104 Å². The number of aliphatic hydroxyl groups is 1. The highest BCUT2D eigenvalue weighted by atomic mass is 16.3. The summed E-state index contributed by atoms with van der Waals surface area (Å²) in [5.41, 5.74) is 4.80. The first kappa shape index (κ1) is 21.9. The molecule has 1 nitrogen and oxygen atoms in total. The molecular formula is C28H48O. The van der Waals surface area contributed by atoms with E-state index in [1.807, 2.05) is 11.1 Å². The predicted octanol–water partition coefficient (Wildman–Crippen LogP) is 7.78. The lowest BCUT2D eigenvalue weighted by molar-refractivity contribution is -0.0381. The topological polar surface area (TPSA) is 20.2 Å². The van der Waals surface area contributed by atoms with Crippen molar-refractivity contribution < 1.29 is 5.11 Å². The molecule has 0 aromatic rings. The fraction of sp³-hybridized carbons (Fsp3) is 0.929. The van der Waals surface area contributed by atoms with Crippen LogP contribution in [0.2, 0.25) is 0 Å². The molecule has 0 spiro atoms. The van der Waals surface area contributed by atoms with Crippen LogP contribution >= 0.6 is 0 Å². The van der Waals surface area contributed by atoms with E-state index in [2.05, 4.69) is 41.5 Å². The van der Waals surface area contributed by atoms with Gasteiger partial charge in [0.05, 0.1) is 6.10 Å². The van der Waals surface area contributed by atoms with E-state index in [-0.39, 0.29) is 6.10 Å². The first-order valence-electron chi connectivity index (χ1n) is 13.1. The van der Waals surface area contributed by atoms with Gasteiger partial charge in [-0.1, -0.05) is 65.5 Å². The van der Waals surface area contributed by atoms with Crippen LogP contribution in [0.5, 0.6) is 0 Å². The lowest BCUT2D eigenvalue weighted by atomic mass is 9.49. The molecule has 29 heavy (non-hydrogen) atoms. The Labute approximate surface area is 181 Å². The summed E-state index contributed by atoms with van der Waals surface area (Å²) in [4.78, 5) is 0. The van der Waals surface area contributed by atoms with Gasteiger partial charge >= 0.3 is 0 Å². The molecule has 0 unspecified atom stereocenters. The Morgan fingerprint density at radius 3 is 2.41 bits per heavy atom. The zero-order valence-electron chi connectivity index (χ0n) is 20.3. The normalized spacial score (nSPS) is 44.3. The molecule has 166 valence electrons. The summed E-state index contributed by atoms with van der Waals surface area (Å²) in [6.07, 6.45) is 14.5. The number of aliphatic hydroxyl groups excluding tert-OH is 1. The molecule has 3 saturated carbocycles. The van der Waals surface area contributed by atoms with Gasteiger partial charge in [0, 0.05) is 0 Å². The van der Waals surface area contributed by atoms with Crippen LogP contribution < -0.4 is 0 Å². The summed E-state index contributed by atoms with van der Waals surface area (Å²) < 4.78 is 0. The van der Waals surface area contributed by atoms with Crippen molar-refractivity contribution in [3.63, 3.8) is 0 Å². The molecule has 0 amide bonds. The Morgan fingerprint density at radius 1 is 0.931 bits per heavy atom. The van der Waals surface area contributed by atoms with E-state index in [9.17, 15) is 5.11 Å². The number of allylic oxidation sites excluding steroid dienone is 2. The molecule has 4 aliphatic carbocycles. The molecule has 0 aromatic carbocycles. The highest BCUT2D eigenvalue weighted by molar-refractivity contribution is 5.34. The lowest BCUT2D eigenvalue weighted by Crippen LogP contribution is -2.48. The largest absolute Gasteiger partial charge is 0.393 e. The molecule has 3 fully saturated rings. The van der Waals surface area contributed by atoms with Gasteiger partial charge in [0.15, 0.2) is 0 Å². The fourth-order valence-electron chi connectivity index (χ4n) is 8.48. The summed E-state index contributed by atoms with van der Waals surface area (Å²) in [5, 5.41) is 10.3. The Morgan fingerprint density at radius 2 is 1.69 bits per heavy atom. The van der Waals surface area contributed by atoms with Crippen LogP contribution in [0.1, 0.15) is 112 Å². The Bertz CT molecular complexity index is 632. The smallest absolute Gasteiger partial charge is 0.0543 e. The summed E-state index contributed by atoms with van der Waals surface area (Å²) in [6.45, 7) is 15.0. The summed E-state index contributed by atoms with van der Waals surface area (Å²) >= 11 is 0. The van der Waals surface area contributed by atoms with Gasteiger partial charge in [-0.15, -0.1) is 0 Å². The van der Waals surface area contributed by atoms with Gasteiger partial charge in [-0.25, -0.2) is 0 Å². The fourth-order valence-corrected chi connectivity index (χ4v) is 8.48. The Kier molecular flexibility index (Phi) is 6.04. The summed E-state index contributed by atoms with van der Waals surface area (Å²) in [7, 11) is 0.